The number of rotatable bonds is 13. The van der Waals surface area contributed by atoms with E-state index < -0.39 is 16.1 Å². The highest BCUT2D eigenvalue weighted by molar-refractivity contribution is 7.92. The lowest BCUT2D eigenvalue weighted by Crippen LogP contribution is -2.49. The zero-order valence-electron chi connectivity index (χ0n) is 22.7. The monoisotopic (exact) mass is 545 g/mol. The maximum absolute atomic E-state index is 13.5. The minimum absolute atomic E-state index is 0.0905. The third kappa shape index (κ3) is 8.11. The minimum Gasteiger partial charge on any atom is -0.497 e. The van der Waals surface area contributed by atoms with Crippen molar-refractivity contribution in [3.8, 4) is 11.5 Å². The number of nitrogens with one attached hydrogen (secondary N) is 1. The lowest BCUT2D eigenvalue weighted by molar-refractivity contribution is -0.141. The van der Waals surface area contributed by atoms with E-state index >= 15 is 0 Å². The smallest absolute Gasteiger partial charge is 0.242 e. The number of anilines is 1. The molecule has 1 saturated carbocycles. The van der Waals surface area contributed by atoms with Crippen LogP contribution in [0.25, 0.3) is 0 Å². The zero-order valence-corrected chi connectivity index (χ0v) is 23.5. The van der Waals surface area contributed by atoms with Crippen LogP contribution in [-0.2, 0) is 26.2 Å². The molecule has 1 atom stereocenters. The van der Waals surface area contributed by atoms with Crippen LogP contribution >= 0.6 is 0 Å². The second kappa shape index (κ2) is 13.5. The summed E-state index contributed by atoms with van der Waals surface area (Å²) in [5.41, 5.74) is 1.34. The topological polar surface area (TPSA) is 105 Å². The van der Waals surface area contributed by atoms with Gasteiger partial charge in [0, 0.05) is 31.6 Å². The van der Waals surface area contributed by atoms with Crippen molar-refractivity contribution >= 4 is 27.5 Å². The maximum Gasteiger partial charge on any atom is 0.242 e. The van der Waals surface area contributed by atoms with Gasteiger partial charge in [-0.05, 0) is 56.0 Å². The predicted molar refractivity (Wildman–Crippen MR) is 148 cm³/mol. The van der Waals surface area contributed by atoms with Gasteiger partial charge in [0.25, 0.3) is 0 Å². The lowest BCUT2D eigenvalue weighted by atomic mass is 10.1. The van der Waals surface area contributed by atoms with Crippen molar-refractivity contribution in [1.82, 2.24) is 10.2 Å². The number of benzene rings is 2. The van der Waals surface area contributed by atoms with E-state index in [0.717, 1.165) is 37.5 Å². The average Bonchev–Trinajstić information content (AvgIpc) is 3.41. The third-order valence-electron chi connectivity index (χ3n) is 6.87. The molecule has 1 aliphatic carbocycles. The molecule has 1 aliphatic rings. The highest BCUT2D eigenvalue weighted by atomic mass is 32.2. The van der Waals surface area contributed by atoms with Gasteiger partial charge in [0.2, 0.25) is 21.8 Å². The molecule has 208 valence electrons. The number of carbonyl (C=O) groups excluding carboxylic acids is 2. The largest absolute Gasteiger partial charge is 0.497 e. The highest BCUT2D eigenvalue weighted by Gasteiger charge is 2.28. The maximum atomic E-state index is 13.5. The third-order valence-corrected chi connectivity index (χ3v) is 8.07. The lowest BCUT2D eigenvalue weighted by Gasteiger charge is -2.30. The van der Waals surface area contributed by atoms with Crippen LogP contribution in [0.1, 0.15) is 51.0 Å². The van der Waals surface area contributed by atoms with E-state index in [1.807, 2.05) is 24.3 Å². The molecule has 0 aliphatic heterocycles. The molecule has 0 bridgehead atoms. The first-order chi connectivity index (χ1) is 18.1. The first-order valence-corrected chi connectivity index (χ1v) is 14.8. The molecular formula is C28H39N3O6S. The van der Waals surface area contributed by atoms with Crippen LogP contribution in [-0.4, -0.2) is 64.2 Å². The van der Waals surface area contributed by atoms with E-state index in [-0.39, 0.29) is 37.4 Å². The summed E-state index contributed by atoms with van der Waals surface area (Å²) >= 11 is 0. The summed E-state index contributed by atoms with van der Waals surface area (Å²) in [7, 11) is -0.476. The van der Waals surface area contributed by atoms with Crippen LogP contribution in [0, 0.1) is 0 Å². The fraction of sp³-hybridized carbons (Fsp3) is 0.500. The van der Waals surface area contributed by atoms with Gasteiger partial charge in [-0.2, -0.15) is 0 Å². The summed E-state index contributed by atoms with van der Waals surface area (Å²) in [5, 5.41) is 3.09. The van der Waals surface area contributed by atoms with Crippen LogP contribution in [0.2, 0.25) is 0 Å². The zero-order chi connectivity index (χ0) is 27.7. The van der Waals surface area contributed by atoms with E-state index in [0.29, 0.717) is 23.6 Å². The number of hydrogen-bond acceptors (Lipinski definition) is 6. The summed E-state index contributed by atoms with van der Waals surface area (Å²) in [6.45, 7) is 2.12. The first-order valence-electron chi connectivity index (χ1n) is 13.0. The molecule has 0 heterocycles. The van der Waals surface area contributed by atoms with Crippen LogP contribution in [0.3, 0.4) is 0 Å². The van der Waals surface area contributed by atoms with Crippen LogP contribution in [0.4, 0.5) is 5.69 Å². The number of nitrogens with zero attached hydrogens (tertiary/aromatic N) is 2. The van der Waals surface area contributed by atoms with Gasteiger partial charge in [-0.1, -0.05) is 31.0 Å². The molecule has 2 aromatic carbocycles. The molecule has 0 spiro atoms. The molecule has 2 amide bonds. The normalized spacial score (nSPS) is 14.5. The molecule has 0 unspecified atom stereocenters. The van der Waals surface area contributed by atoms with Gasteiger partial charge in [0.15, 0.2) is 0 Å². The van der Waals surface area contributed by atoms with E-state index in [2.05, 4.69) is 5.32 Å². The molecule has 10 heteroatoms. The predicted octanol–water partition coefficient (Wildman–Crippen LogP) is 3.73. The first kappa shape index (κ1) is 29.3. The Morgan fingerprint density at radius 2 is 1.68 bits per heavy atom. The van der Waals surface area contributed by atoms with Gasteiger partial charge in [0.05, 0.1) is 26.2 Å². The Balaban J connectivity index is 1.72. The van der Waals surface area contributed by atoms with E-state index in [1.165, 1.54) is 11.4 Å². The van der Waals surface area contributed by atoms with Crippen molar-refractivity contribution in [2.45, 2.75) is 64.1 Å². The minimum atomic E-state index is -3.58. The Morgan fingerprint density at radius 3 is 2.29 bits per heavy atom. The van der Waals surface area contributed by atoms with Gasteiger partial charge in [-0.25, -0.2) is 8.42 Å². The van der Waals surface area contributed by atoms with Gasteiger partial charge < -0.3 is 19.7 Å². The summed E-state index contributed by atoms with van der Waals surface area (Å²) < 4.78 is 36.8. The number of carbonyl (C=O) groups is 2. The summed E-state index contributed by atoms with van der Waals surface area (Å²) in [5.74, 6) is 0.860. The van der Waals surface area contributed by atoms with Crippen molar-refractivity contribution in [3.63, 3.8) is 0 Å². The molecule has 0 aromatic heterocycles. The average molecular weight is 546 g/mol. The van der Waals surface area contributed by atoms with Crippen LogP contribution < -0.4 is 19.1 Å². The summed E-state index contributed by atoms with van der Waals surface area (Å²) in [6, 6.07) is 13.7. The van der Waals surface area contributed by atoms with Crippen molar-refractivity contribution in [2.24, 2.45) is 0 Å². The van der Waals surface area contributed by atoms with Crippen molar-refractivity contribution in [3.05, 3.63) is 54.1 Å². The molecule has 3 rings (SSSR count). The molecule has 38 heavy (non-hydrogen) atoms. The number of amides is 2. The number of methoxy groups -OCH3 is 2. The second-order valence-corrected chi connectivity index (χ2v) is 11.6. The molecule has 2 aromatic rings. The molecule has 0 radical (unpaired) electrons. The molecule has 9 nitrogen and oxygen atoms in total. The summed E-state index contributed by atoms with van der Waals surface area (Å²) in [4.78, 5) is 28.1. The molecular weight excluding hydrogens is 506 g/mol. The Bertz CT molecular complexity index is 1180. The molecule has 1 N–H and O–H groups in total. The fourth-order valence-corrected chi connectivity index (χ4v) is 5.63. The van der Waals surface area contributed by atoms with Gasteiger partial charge in [-0.15, -0.1) is 0 Å². The summed E-state index contributed by atoms with van der Waals surface area (Å²) in [6.07, 6.45) is 5.62. The van der Waals surface area contributed by atoms with Gasteiger partial charge in [0.1, 0.15) is 17.5 Å². The van der Waals surface area contributed by atoms with Crippen molar-refractivity contribution < 1.29 is 27.5 Å². The van der Waals surface area contributed by atoms with Crippen LogP contribution in [0.5, 0.6) is 11.5 Å². The van der Waals surface area contributed by atoms with E-state index in [9.17, 15) is 18.0 Å². The standard InChI is InChI=1S/C28H39N3O6S/c1-21(28(33)29-23-9-5-6-10-23)30(20-22-14-16-25(36-2)17-15-22)27(32)13-8-18-31(38(4,34)35)24-11-7-12-26(19-24)37-3/h7,11-12,14-17,19,21,23H,5-6,8-10,13,18,20H2,1-4H3,(H,29,33)/t21-/m0/s1. The van der Waals surface area contributed by atoms with Crippen molar-refractivity contribution in [1.29, 1.82) is 0 Å². The van der Waals surface area contributed by atoms with Gasteiger partial charge in [-0.3, -0.25) is 13.9 Å². The number of sulfonamides is 1. The van der Waals surface area contributed by atoms with E-state index in [4.69, 9.17) is 9.47 Å². The van der Waals surface area contributed by atoms with E-state index in [1.54, 1.807) is 43.2 Å². The molecule has 0 saturated heterocycles. The second-order valence-electron chi connectivity index (χ2n) is 9.68. The Morgan fingerprint density at radius 1 is 1.03 bits per heavy atom. The molecule has 1 fully saturated rings. The number of hydrogen-bond donors (Lipinski definition) is 1. The fourth-order valence-electron chi connectivity index (χ4n) is 4.67. The quantitative estimate of drug-likeness (QED) is 0.411. The SMILES string of the molecule is COc1ccc(CN(C(=O)CCCN(c2cccc(OC)c2)S(C)(=O)=O)[C@@H](C)C(=O)NC2CCCC2)cc1. The Labute approximate surface area is 226 Å². The Hall–Kier alpha value is -3.27. The highest BCUT2D eigenvalue weighted by Crippen LogP contribution is 2.24. The van der Waals surface area contributed by atoms with Crippen LogP contribution in [0.15, 0.2) is 48.5 Å². The number of ether oxygens (including phenoxy) is 2. The van der Waals surface area contributed by atoms with Gasteiger partial charge >= 0.3 is 0 Å². The Kier molecular flexibility index (Phi) is 10.4. The van der Waals surface area contributed by atoms with Crippen molar-refractivity contribution in [2.75, 3.05) is 31.3 Å².